The van der Waals surface area contributed by atoms with Crippen LogP contribution in [0.3, 0.4) is 0 Å². The molecule has 38 heavy (non-hydrogen) atoms. The summed E-state index contributed by atoms with van der Waals surface area (Å²) in [5, 5.41) is 0.892. The standard InChI is InChI=1S/C25H19Cl2N3O7S/c1-14-9-24(32)37-21-12-18(6-7-19(14)21)36-13-23(31)28-29-25(33)15-3-2-4-17(10-15)30-38(34,35)22-11-16(26)5-8-20(22)27/h2-12,30H,13H2,1H3,(H,28,31)(H,29,33). The van der Waals surface area contributed by atoms with Crippen LogP contribution in [0, 0.1) is 6.92 Å². The summed E-state index contributed by atoms with van der Waals surface area (Å²) in [7, 11) is -4.10. The Balaban J connectivity index is 1.35. The number of fused-ring (bicyclic) bond motifs is 1. The smallest absolute Gasteiger partial charge is 0.336 e. The number of sulfonamides is 1. The van der Waals surface area contributed by atoms with Crippen molar-refractivity contribution in [3.8, 4) is 5.75 Å². The highest BCUT2D eigenvalue weighted by Gasteiger charge is 2.19. The Morgan fingerprint density at radius 2 is 1.76 bits per heavy atom. The fourth-order valence-electron chi connectivity index (χ4n) is 3.40. The molecule has 4 rings (SSSR count). The number of hydrazine groups is 1. The van der Waals surface area contributed by atoms with Gasteiger partial charge in [0.1, 0.15) is 16.2 Å². The Kier molecular flexibility index (Phi) is 7.91. The number of aryl methyl sites for hydroxylation is 1. The Morgan fingerprint density at radius 1 is 0.974 bits per heavy atom. The predicted molar refractivity (Wildman–Crippen MR) is 142 cm³/mol. The van der Waals surface area contributed by atoms with Gasteiger partial charge in [0.15, 0.2) is 6.61 Å². The molecule has 2 amide bonds. The van der Waals surface area contributed by atoms with Crippen molar-refractivity contribution in [1.29, 1.82) is 0 Å². The molecule has 10 nitrogen and oxygen atoms in total. The number of nitrogens with one attached hydrogen (secondary N) is 3. The molecule has 0 atom stereocenters. The van der Waals surface area contributed by atoms with E-state index in [2.05, 4.69) is 15.6 Å². The molecule has 0 spiro atoms. The van der Waals surface area contributed by atoms with Crippen LogP contribution >= 0.6 is 23.2 Å². The van der Waals surface area contributed by atoms with Crippen molar-refractivity contribution in [3.05, 3.63) is 98.3 Å². The van der Waals surface area contributed by atoms with Crippen LogP contribution in [0.25, 0.3) is 11.0 Å². The number of halogens is 2. The zero-order valence-electron chi connectivity index (χ0n) is 19.6. The Bertz CT molecular complexity index is 1720. The van der Waals surface area contributed by atoms with E-state index in [0.29, 0.717) is 5.58 Å². The number of amides is 2. The Morgan fingerprint density at radius 3 is 2.55 bits per heavy atom. The van der Waals surface area contributed by atoms with Gasteiger partial charge in [-0.2, -0.15) is 0 Å². The molecule has 0 saturated heterocycles. The number of rotatable bonds is 7. The molecule has 13 heteroatoms. The molecule has 0 aliphatic rings. The van der Waals surface area contributed by atoms with Gasteiger partial charge >= 0.3 is 5.63 Å². The van der Waals surface area contributed by atoms with Crippen LogP contribution in [-0.4, -0.2) is 26.8 Å². The van der Waals surface area contributed by atoms with Gasteiger partial charge in [0, 0.05) is 33.8 Å². The van der Waals surface area contributed by atoms with Crippen molar-refractivity contribution >= 4 is 61.7 Å². The first-order valence-electron chi connectivity index (χ1n) is 10.9. The first-order chi connectivity index (χ1) is 18.0. The van der Waals surface area contributed by atoms with Crippen LogP contribution in [0.1, 0.15) is 15.9 Å². The van der Waals surface area contributed by atoms with Crippen molar-refractivity contribution in [2.75, 3.05) is 11.3 Å². The van der Waals surface area contributed by atoms with Gasteiger partial charge in [0.05, 0.1) is 5.02 Å². The van der Waals surface area contributed by atoms with Crippen molar-refractivity contribution in [2.45, 2.75) is 11.8 Å². The van der Waals surface area contributed by atoms with Gasteiger partial charge in [0.25, 0.3) is 21.8 Å². The largest absolute Gasteiger partial charge is 0.484 e. The summed E-state index contributed by atoms with van der Waals surface area (Å²) in [5.41, 5.74) is 5.13. The number of hydrogen-bond donors (Lipinski definition) is 3. The van der Waals surface area contributed by atoms with E-state index in [0.717, 1.165) is 10.9 Å². The van der Waals surface area contributed by atoms with E-state index >= 15 is 0 Å². The van der Waals surface area contributed by atoms with Gasteiger partial charge in [-0.3, -0.25) is 25.2 Å². The highest BCUT2D eigenvalue weighted by Crippen LogP contribution is 2.27. The second-order valence-electron chi connectivity index (χ2n) is 7.96. The zero-order chi connectivity index (χ0) is 27.4. The summed E-state index contributed by atoms with van der Waals surface area (Å²) in [4.78, 5) is 36.0. The minimum atomic E-state index is -4.10. The molecule has 0 aliphatic heterocycles. The maximum atomic E-state index is 12.7. The van der Waals surface area contributed by atoms with E-state index in [9.17, 15) is 22.8 Å². The molecule has 0 aliphatic carbocycles. The van der Waals surface area contributed by atoms with E-state index in [1.807, 2.05) is 0 Å². The number of ether oxygens (including phenoxy) is 1. The van der Waals surface area contributed by atoms with Crippen LogP contribution in [0.4, 0.5) is 5.69 Å². The van der Waals surface area contributed by atoms with Gasteiger partial charge in [-0.05, 0) is 61.0 Å². The first-order valence-corrected chi connectivity index (χ1v) is 13.1. The third-order valence-corrected chi connectivity index (χ3v) is 7.27. The van der Waals surface area contributed by atoms with Gasteiger partial charge in [-0.25, -0.2) is 13.2 Å². The molecule has 1 aromatic heterocycles. The first kappa shape index (κ1) is 27.0. The molecule has 3 N–H and O–H groups in total. The lowest BCUT2D eigenvalue weighted by Crippen LogP contribution is -2.43. The fourth-order valence-corrected chi connectivity index (χ4v) is 5.21. The van der Waals surface area contributed by atoms with Crippen molar-refractivity contribution < 1.29 is 27.2 Å². The zero-order valence-corrected chi connectivity index (χ0v) is 21.9. The highest BCUT2D eigenvalue weighted by atomic mass is 35.5. The molecular formula is C25H19Cl2N3O7S. The summed E-state index contributed by atoms with van der Waals surface area (Å²) in [6, 6.07) is 15.8. The molecule has 0 unspecified atom stereocenters. The van der Waals surface area contributed by atoms with E-state index in [-0.39, 0.29) is 31.9 Å². The number of benzene rings is 3. The second-order valence-corrected chi connectivity index (χ2v) is 10.5. The molecule has 196 valence electrons. The SMILES string of the molecule is Cc1cc(=O)oc2cc(OCC(=O)NNC(=O)c3cccc(NS(=O)(=O)c4cc(Cl)ccc4Cl)c3)ccc12. The Labute approximate surface area is 226 Å². The van der Waals surface area contributed by atoms with Crippen molar-refractivity contribution in [1.82, 2.24) is 10.9 Å². The molecule has 4 aromatic rings. The highest BCUT2D eigenvalue weighted by molar-refractivity contribution is 7.92. The van der Waals surface area contributed by atoms with E-state index in [1.54, 1.807) is 19.1 Å². The minimum Gasteiger partial charge on any atom is -0.484 e. The van der Waals surface area contributed by atoms with Gasteiger partial charge in [0.2, 0.25) is 0 Å². The maximum Gasteiger partial charge on any atom is 0.336 e. The van der Waals surface area contributed by atoms with Crippen molar-refractivity contribution in [2.24, 2.45) is 0 Å². The second kappa shape index (κ2) is 11.1. The molecule has 0 fully saturated rings. The minimum absolute atomic E-state index is 0.0240. The average molecular weight is 576 g/mol. The van der Waals surface area contributed by atoms with Crippen LogP contribution in [0.15, 0.2) is 80.8 Å². The van der Waals surface area contributed by atoms with Crippen LogP contribution < -0.4 is 25.9 Å². The van der Waals surface area contributed by atoms with Gasteiger partial charge in [-0.15, -0.1) is 0 Å². The maximum absolute atomic E-state index is 12.7. The lowest BCUT2D eigenvalue weighted by molar-refractivity contribution is -0.123. The van der Waals surface area contributed by atoms with E-state index < -0.39 is 34.1 Å². The lowest BCUT2D eigenvalue weighted by atomic mass is 10.1. The van der Waals surface area contributed by atoms with Gasteiger partial charge in [-0.1, -0.05) is 29.3 Å². The van der Waals surface area contributed by atoms with Crippen molar-refractivity contribution in [3.63, 3.8) is 0 Å². The number of anilines is 1. The third-order valence-electron chi connectivity index (χ3n) is 5.17. The molecule has 3 aromatic carbocycles. The van der Waals surface area contributed by atoms with Gasteiger partial charge < -0.3 is 9.15 Å². The predicted octanol–water partition coefficient (Wildman–Crippen LogP) is 4.05. The normalized spacial score (nSPS) is 11.1. The van der Waals surface area contributed by atoms with Crippen LogP contribution in [-0.2, 0) is 14.8 Å². The lowest BCUT2D eigenvalue weighted by Gasteiger charge is -2.12. The quantitative estimate of drug-likeness (QED) is 0.223. The summed E-state index contributed by atoms with van der Waals surface area (Å²) in [6.07, 6.45) is 0. The number of hydrogen-bond acceptors (Lipinski definition) is 7. The average Bonchev–Trinajstić information content (AvgIpc) is 2.87. The third kappa shape index (κ3) is 6.43. The summed E-state index contributed by atoms with van der Waals surface area (Å²) < 4.78 is 38.3. The van der Waals surface area contributed by atoms with E-state index in [1.165, 1.54) is 54.6 Å². The molecule has 1 heterocycles. The molecule has 0 saturated carbocycles. The summed E-state index contributed by atoms with van der Waals surface area (Å²) >= 11 is 11.9. The summed E-state index contributed by atoms with van der Waals surface area (Å²) in [5.74, 6) is -1.09. The number of carbonyl (C=O) groups excluding carboxylic acids is 2. The van der Waals surface area contributed by atoms with E-state index in [4.69, 9.17) is 32.4 Å². The Hall–Kier alpha value is -4.06. The van der Waals surface area contributed by atoms with Crippen LogP contribution in [0.5, 0.6) is 5.75 Å². The monoisotopic (exact) mass is 575 g/mol. The van der Waals surface area contributed by atoms with Crippen LogP contribution in [0.2, 0.25) is 10.0 Å². The topological polar surface area (TPSA) is 144 Å². The molecule has 0 radical (unpaired) electrons. The molecule has 0 bridgehead atoms. The summed E-state index contributed by atoms with van der Waals surface area (Å²) in [6.45, 7) is 1.33. The number of carbonyl (C=O) groups is 2. The fraction of sp³-hybridized carbons (Fsp3) is 0.0800. The molecular weight excluding hydrogens is 557 g/mol.